The molecule has 3 saturated carbocycles. The molecule has 0 bridgehead atoms. The smallest absolute Gasteiger partial charge is 0.179 e. The molecule has 2 unspecified atom stereocenters. The molecule has 3 aliphatic carbocycles. The highest BCUT2D eigenvalue weighted by molar-refractivity contribution is 5.47. The van der Waals surface area contributed by atoms with Gasteiger partial charge in [-0.05, 0) is 37.0 Å². The van der Waals surface area contributed by atoms with Crippen LogP contribution in [0.4, 0.5) is 0 Å². The number of hydrogen-bond acceptors (Lipinski definition) is 4. The van der Waals surface area contributed by atoms with Crippen molar-refractivity contribution in [3.05, 3.63) is 0 Å². The average molecular weight is 222 g/mol. The van der Waals surface area contributed by atoms with Crippen molar-refractivity contribution in [2.45, 2.75) is 25.7 Å². The number of hydrogen-bond donors (Lipinski definition) is 0. The second kappa shape index (κ2) is 2.61. The van der Waals surface area contributed by atoms with Crippen molar-refractivity contribution in [1.82, 2.24) is 0 Å². The van der Waals surface area contributed by atoms with Crippen LogP contribution in [0.5, 0.6) is 0 Å². The Labute approximate surface area is 99.7 Å². The summed E-state index contributed by atoms with van der Waals surface area (Å²) in [6, 6.07) is 8.01. The maximum Gasteiger partial charge on any atom is 0.179 e. The van der Waals surface area contributed by atoms with E-state index in [9.17, 15) is 21.0 Å². The highest BCUT2D eigenvalue weighted by Crippen LogP contribution is 2.80. The molecule has 0 radical (unpaired) electrons. The monoisotopic (exact) mass is 222 g/mol. The Morgan fingerprint density at radius 2 is 1.29 bits per heavy atom. The maximum absolute atomic E-state index is 9.37. The van der Waals surface area contributed by atoms with Crippen LogP contribution in [0, 0.1) is 73.4 Å². The highest BCUT2D eigenvalue weighted by atomic mass is 14.8. The first kappa shape index (κ1) is 10.1. The number of nitriles is 4. The Morgan fingerprint density at radius 1 is 0.765 bits per heavy atom. The summed E-state index contributed by atoms with van der Waals surface area (Å²) >= 11 is 0. The fourth-order valence-corrected chi connectivity index (χ4v) is 4.29. The molecule has 17 heavy (non-hydrogen) atoms. The van der Waals surface area contributed by atoms with Gasteiger partial charge in [-0.15, -0.1) is 0 Å². The predicted octanol–water partition coefficient (Wildman–Crippen LogP) is 1.87. The van der Waals surface area contributed by atoms with Gasteiger partial charge in [0.25, 0.3) is 0 Å². The van der Waals surface area contributed by atoms with Gasteiger partial charge in [-0.2, -0.15) is 21.0 Å². The molecule has 4 heteroatoms. The largest absolute Gasteiger partial charge is 0.196 e. The molecule has 4 nitrogen and oxygen atoms in total. The second-order valence-corrected chi connectivity index (χ2v) is 5.55. The molecule has 1 spiro atoms. The number of rotatable bonds is 0. The molecule has 0 heterocycles. The Morgan fingerprint density at radius 3 is 1.71 bits per heavy atom. The van der Waals surface area contributed by atoms with Crippen LogP contribution in [-0.4, -0.2) is 0 Å². The van der Waals surface area contributed by atoms with E-state index in [4.69, 9.17) is 0 Å². The van der Waals surface area contributed by atoms with E-state index in [1.54, 1.807) is 0 Å². The average Bonchev–Trinajstić information content (AvgIpc) is 3.02. The van der Waals surface area contributed by atoms with E-state index in [1.807, 2.05) is 24.3 Å². The van der Waals surface area contributed by atoms with Crippen LogP contribution in [0.3, 0.4) is 0 Å². The molecule has 3 fully saturated rings. The Bertz CT molecular complexity index is 530. The molecule has 0 N–H and O–H groups in total. The summed E-state index contributed by atoms with van der Waals surface area (Å²) in [7, 11) is 0. The predicted molar refractivity (Wildman–Crippen MR) is 55.2 cm³/mol. The summed E-state index contributed by atoms with van der Waals surface area (Å²) in [5.74, 6) is -0.122. The zero-order valence-electron chi connectivity index (χ0n) is 9.27. The van der Waals surface area contributed by atoms with E-state index in [1.165, 1.54) is 0 Å². The lowest BCUT2D eigenvalue weighted by atomic mass is 9.39. The van der Waals surface area contributed by atoms with Crippen molar-refractivity contribution < 1.29 is 0 Å². The summed E-state index contributed by atoms with van der Waals surface area (Å²) in [5, 5.41) is 37.3. The molecular weight excluding hydrogens is 212 g/mol. The fraction of sp³-hybridized carbons (Fsp3) is 0.692. The van der Waals surface area contributed by atoms with Crippen molar-refractivity contribution in [2.24, 2.45) is 28.1 Å². The van der Waals surface area contributed by atoms with E-state index >= 15 is 0 Å². The van der Waals surface area contributed by atoms with Gasteiger partial charge in [0.1, 0.15) is 0 Å². The van der Waals surface area contributed by atoms with Crippen molar-refractivity contribution in [3.63, 3.8) is 0 Å². The Kier molecular flexibility index (Phi) is 1.56. The van der Waals surface area contributed by atoms with Gasteiger partial charge in [-0.1, -0.05) is 0 Å². The first-order valence-corrected chi connectivity index (χ1v) is 5.81. The molecule has 0 aliphatic heterocycles. The lowest BCUT2D eigenvalue weighted by molar-refractivity contribution is -0.0624. The zero-order chi connectivity index (χ0) is 12.3. The lowest BCUT2D eigenvalue weighted by Gasteiger charge is -2.54. The number of nitrogens with zero attached hydrogens (tertiary/aromatic N) is 4. The standard InChI is InChI=1S/C13H10N4/c14-5-12(6-15)9-1-2-11(3-4-11)10(9)13(12,7-16)8-17/h9-10H,1-4H2. The van der Waals surface area contributed by atoms with Gasteiger partial charge in [-0.25, -0.2) is 0 Å². The summed E-state index contributed by atoms with van der Waals surface area (Å²) in [6.45, 7) is 0. The fourth-order valence-electron chi connectivity index (χ4n) is 4.29. The van der Waals surface area contributed by atoms with E-state index in [2.05, 4.69) is 0 Å². The van der Waals surface area contributed by atoms with Gasteiger partial charge >= 0.3 is 0 Å². The van der Waals surface area contributed by atoms with E-state index in [-0.39, 0.29) is 17.3 Å². The van der Waals surface area contributed by atoms with Crippen LogP contribution in [0.25, 0.3) is 0 Å². The van der Waals surface area contributed by atoms with Gasteiger partial charge in [0.2, 0.25) is 0 Å². The van der Waals surface area contributed by atoms with E-state index in [0.29, 0.717) is 0 Å². The van der Waals surface area contributed by atoms with Gasteiger partial charge in [0.05, 0.1) is 24.3 Å². The third-order valence-corrected chi connectivity index (χ3v) is 5.26. The quantitative estimate of drug-likeness (QED) is 0.625. The number of fused-ring (bicyclic) bond motifs is 2. The molecular formula is C13H10N4. The third kappa shape index (κ3) is 0.740. The van der Waals surface area contributed by atoms with Crippen LogP contribution in [0.15, 0.2) is 0 Å². The van der Waals surface area contributed by atoms with Gasteiger partial charge in [0.15, 0.2) is 10.8 Å². The molecule has 0 aromatic rings. The Hall–Kier alpha value is -2.04. The van der Waals surface area contributed by atoms with Crippen LogP contribution in [-0.2, 0) is 0 Å². The minimum Gasteiger partial charge on any atom is -0.196 e. The van der Waals surface area contributed by atoms with Crippen molar-refractivity contribution in [1.29, 1.82) is 21.0 Å². The SMILES string of the molecule is N#CC1(C#N)C2CCC3(CC3)C2C1(C#N)C#N. The zero-order valence-corrected chi connectivity index (χ0v) is 9.27. The molecule has 0 aromatic carbocycles. The summed E-state index contributed by atoms with van der Waals surface area (Å²) in [4.78, 5) is 0. The topological polar surface area (TPSA) is 95.2 Å². The van der Waals surface area contributed by atoms with Crippen LogP contribution in [0.2, 0.25) is 0 Å². The molecule has 2 atom stereocenters. The first-order valence-electron chi connectivity index (χ1n) is 5.81. The highest BCUT2D eigenvalue weighted by Gasteiger charge is 2.83. The lowest BCUT2D eigenvalue weighted by Crippen LogP contribution is -2.63. The second-order valence-electron chi connectivity index (χ2n) is 5.55. The van der Waals surface area contributed by atoms with Crippen molar-refractivity contribution in [2.75, 3.05) is 0 Å². The molecule has 3 rings (SSSR count). The molecule has 0 amide bonds. The summed E-state index contributed by atoms with van der Waals surface area (Å²) in [5.41, 5.74) is -2.69. The van der Waals surface area contributed by atoms with Crippen molar-refractivity contribution >= 4 is 0 Å². The molecule has 0 saturated heterocycles. The van der Waals surface area contributed by atoms with Crippen LogP contribution >= 0.6 is 0 Å². The van der Waals surface area contributed by atoms with Crippen molar-refractivity contribution in [3.8, 4) is 24.3 Å². The summed E-state index contributed by atoms with van der Waals surface area (Å²) < 4.78 is 0. The normalized spacial score (nSPS) is 36.5. The van der Waals surface area contributed by atoms with Gasteiger partial charge in [0, 0.05) is 5.92 Å². The minimum absolute atomic E-state index is 0.0516. The maximum atomic E-state index is 9.37. The molecule has 82 valence electrons. The minimum atomic E-state index is -1.40. The van der Waals surface area contributed by atoms with Gasteiger partial charge in [-0.3, -0.25) is 0 Å². The molecule has 0 aromatic heterocycles. The van der Waals surface area contributed by atoms with Crippen LogP contribution in [0.1, 0.15) is 25.7 Å². The van der Waals surface area contributed by atoms with E-state index < -0.39 is 10.8 Å². The third-order valence-electron chi connectivity index (χ3n) is 5.26. The summed E-state index contributed by atoms with van der Waals surface area (Å²) in [6.07, 6.45) is 3.88. The first-order chi connectivity index (χ1) is 8.16. The van der Waals surface area contributed by atoms with Crippen LogP contribution < -0.4 is 0 Å². The molecule has 3 aliphatic rings. The van der Waals surface area contributed by atoms with E-state index in [0.717, 1.165) is 25.7 Å². The Balaban J connectivity index is 2.18. The van der Waals surface area contributed by atoms with Gasteiger partial charge < -0.3 is 0 Å².